The number of phosphoric ester groups is 1. The van der Waals surface area contributed by atoms with Crippen molar-refractivity contribution in [3.05, 3.63) is 22.7 Å². The van der Waals surface area contributed by atoms with Crippen LogP contribution in [0, 0.1) is 5.41 Å². The predicted octanol–water partition coefficient (Wildman–Crippen LogP) is -0.310. The summed E-state index contributed by atoms with van der Waals surface area (Å²) in [6, 6.07) is 1.32. The Morgan fingerprint density at radius 1 is 1.24 bits per heavy atom. The molecule has 1 unspecified atom stereocenters. The van der Waals surface area contributed by atoms with Gasteiger partial charge in [0, 0.05) is 13.1 Å². The quantitative estimate of drug-likeness (QED) is 0.162. The highest BCUT2D eigenvalue weighted by atomic mass is 31.2. The van der Waals surface area contributed by atoms with Crippen molar-refractivity contribution >= 4 is 31.5 Å². The number of esters is 3. The number of ether oxygens (including phenoxy) is 4. The zero-order valence-corrected chi connectivity index (χ0v) is 22.1. The van der Waals surface area contributed by atoms with Crippen molar-refractivity contribution < 1.29 is 56.6 Å². The van der Waals surface area contributed by atoms with E-state index in [0.717, 1.165) is 11.5 Å². The molecule has 2 aliphatic heterocycles. The molecule has 1 aromatic heterocycles. The van der Waals surface area contributed by atoms with Crippen molar-refractivity contribution in [2.24, 2.45) is 5.41 Å². The Morgan fingerprint density at radius 2 is 1.87 bits per heavy atom. The smallest absolute Gasteiger partial charge is 0.465 e. The van der Waals surface area contributed by atoms with Crippen LogP contribution in [0.4, 0.5) is 5.82 Å². The molecule has 0 amide bonds. The van der Waals surface area contributed by atoms with E-state index >= 15 is 0 Å². The number of carbonyl (C=O) groups excluding carboxylic acids is 3. The van der Waals surface area contributed by atoms with E-state index in [1.165, 1.54) is 33.0 Å². The van der Waals surface area contributed by atoms with Gasteiger partial charge in [0.15, 0.2) is 6.23 Å². The molecule has 212 valence electrons. The Balaban J connectivity index is 1.85. The number of nitrogens with two attached hydrogens (primary N) is 1. The lowest BCUT2D eigenvalue weighted by molar-refractivity contribution is -0.181. The monoisotopic (exact) mass is 563 g/mol. The van der Waals surface area contributed by atoms with E-state index in [1.807, 2.05) is 0 Å². The number of nitrogen functional groups attached to an aromatic ring is 1. The van der Waals surface area contributed by atoms with Crippen LogP contribution in [-0.2, 0) is 51.5 Å². The van der Waals surface area contributed by atoms with Gasteiger partial charge in [0.1, 0.15) is 30.2 Å². The molecule has 38 heavy (non-hydrogen) atoms. The largest absolute Gasteiger partial charge is 0.475 e. The number of rotatable bonds is 10. The third-order valence-electron chi connectivity index (χ3n) is 5.78. The second-order valence-electron chi connectivity index (χ2n) is 8.64. The van der Waals surface area contributed by atoms with Crippen LogP contribution in [0.25, 0.3) is 0 Å². The van der Waals surface area contributed by atoms with E-state index < -0.39 is 80.7 Å². The minimum atomic E-state index is -4.58. The summed E-state index contributed by atoms with van der Waals surface area (Å²) in [4.78, 5) is 53.0. The molecule has 2 fully saturated rings. The van der Waals surface area contributed by atoms with Gasteiger partial charge in [0.05, 0.1) is 26.4 Å². The fourth-order valence-corrected chi connectivity index (χ4v) is 5.39. The number of aromatic nitrogens is 2. The van der Waals surface area contributed by atoms with Crippen LogP contribution in [-0.4, -0.2) is 83.4 Å². The summed E-state index contributed by atoms with van der Waals surface area (Å²) < 4.78 is 51.1. The lowest BCUT2D eigenvalue weighted by Crippen LogP contribution is -2.51. The van der Waals surface area contributed by atoms with Crippen LogP contribution in [0.15, 0.2) is 17.1 Å². The van der Waals surface area contributed by atoms with Gasteiger partial charge >= 0.3 is 31.4 Å². The molecule has 2 aliphatic rings. The summed E-state index contributed by atoms with van der Waals surface area (Å²) >= 11 is 0. The van der Waals surface area contributed by atoms with E-state index in [0.29, 0.717) is 0 Å². The van der Waals surface area contributed by atoms with Crippen molar-refractivity contribution in [2.45, 2.75) is 51.7 Å². The first-order chi connectivity index (χ1) is 17.8. The third kappa shape index (κ3) is 5.90. The molecular formula is C21H30N3O13P. The Labute approximate surface area is 216 Å². The zero-order chi connectivity index (χ0) is 28.3. The van der Waals surface area contributed by atoms with Gasteiger partial charge < -0.3 is 29.8 Å². The van der Waals surface area contributed by atoms with Crippen molar-refractivity contribution in [1.29, 1.82) is 0 Å². The van der Waals surface area contributed by atoms with Gasteiger partial charge in [-0.05, 0) is 26.8 Å². The normalized spacial score (nSPS) is 28.8. The first-order valence-corrected chi connectivity index (χ1v) is 13.0. The number of phosphoric acid groups is 1. The summed E-state index contributed by atoms with van der Waals surface area (Å²) in [6.45, 7) is 2.77. The maximum absolute atomic E-state index is 13.4. The molecule has 17 heteroatoms. The van der Waals surface area contributed by atoms with Gasteiger partial charge in [-0.15, -0.1) is 0 Å². The Bertz CT molecular complexity index is 1150. The average molecular weight is 563 g/mol. The first kappa shape index (κ1) is 29.7. The lowest BCUT2D eigenvalue weighted by atomic mass is 9.90. The number of aliphatic hydroxyl groups is 1. The topological polar surface area (TPSA) is 214 Å². The van der Waals surface area contributed by atoms with Gasteiger partial charge in [-0.25, -0.2) is 9.36 Å². The standard InChI is InChI=1S/C21H30N3O13P/c1-5-31-17(26)21(10-33-12(3)25,18(27)32-6-2)11-35-38(30)34-9-13-15(37-38)20(4,29)16(36-13)24-8-7-14(22)23-19(24)28/h7-8,13,15-16,29H,5-6,9-11H2,1-4H3,(H2,22,23,28)/t13-,15-,16-,20-,38?/m1/s1. The molecule has 2 saturated heterocycles. The summed E-state index contributed by atoms with van der Waals surface area (Å²) in [6.07, 6.45) is -2.40. The second-order valence-corrected chi connectivity index (χ2v) is 10.3. The summed E-state index contributed by atoms with van der Waals surface area (Å²) in [5.41, 5.74) is 0.388. The van der Waals surface area contributed by atoms with Crippen LogP contribution < -0.4 is 11.4 Å². The van der Waals surface area contributed by atoms with Crippen molar-refractivity contribution in [1.82, 2.24) is 9.55 Å². The molecule has 0 spiro atoms. The number of anilines is 1. The minimum absolute atomic E-state index is 0.0424. The summed E-state index contributed by atoms with van der Waals surface area (Å²) in [5, 5.41) is 11.2. The lowest BCUT2D eigenvalue weighted by Gasteiger charge is -2.36. The Kier molecular flexibility index (Phi) is 8.96. The van der Waals surface area contributed by atoms with Crippen LogP contribution in [0.2, 0.25) is 0 Å². The molecule has 5 atom stereocenters. The average Bonchev–Trinajstić information content (AvgIpc) is 3.09. The molecule has 16 nitrogen and oxygen atoms in total. The van der Waals surface area contributed by atoms with Crippen LogP contribution in [0.3, 0.4) is 0 Å². The fourth-order valence-electron chi connectivity index (χ4n) is 3.86. The maximum atomic E-state index is 13.4. The van der Waals surface area contributed by atoms with Crippen molar-refractivity contribution in [3.63, 3.8) is 0 Å². The molecule has 0 saturated carbocycles. The van der Waals surface area contributed by atoms with E-state index in [2.05, 4.69) is 4.98 Å². The van der Waals surface area contributed by atoms with Gasteiger partial charge in [-0.1, -0.05) is 0 Å². The molecule has 1 aromatic rings. The van der Waals surface area contributed by atoms with Crippen molar-refractivity contribution in [2.75, 3.05) is 38.8 Å². The molecular weight excluding hydrogens is 533 g/mol. The second kappa shape index (κ2) is 11.5. The van der Waals surface area contributed by atoms with E-state index in [4.69, 9.17) is 38.3 Å². The molecule has 3 heterocycles. The van der Waals surface area contributed by atoms with E-state index in [9.17, 15) is 28.8 Å². The molecule has 3 N–H and O–H groups in total. The number of hydrogen-bond donors (Lipinski definition) is 2. The van der Waals surface area contributed by atoms with E-state index in [1.54, 1.807) is 0 Å². The Hall–Kier alpha value is -2.88. The highest BCUT2D eigenvalue weighted by molar-refractivity contribution is 7.48. The third-order valence-corrected chi connectivity index (χ3v) is 7.18. The molecule has 0 aromatic carbocycles. The van der Waals surface area contributed by atoms with Gasteiger partial charge in [0.2, 0.25) is 5.41 Å². The molecule has 3 rings (SSSR count). The van der Waals surface area contributed by atoms with Crippen LogP contribution >= 0.6 is 7.82 Å². The van der Waals surface area contributed by atoms with Gasteiger partial charge in [-0.2, -0.15) is 4.98 Å². The Morgan fingerprint density at radius 3 is 2.42 bits per heavy atom. The number of carbonyl (C=O) groups is 3. The highest BCUT2D eigenvalue weighted by Gasteiger charge is 2.61. The van der Waals surface area contributed by atoms with Gasteiger partial charge in [0.25, 0.3) is 0 Å². The summed E-state index contributed by atoms with van der Waals surface area (Å²) in [5.74, 6) is -3.18. The molecule has 0 aliphatic carbocycles. The van der Waals surface area contributed by atoms with E-state index in [-0.39, 0.29) is 19.0 Å². The zero-order valence-electron chi connectivity index (χ0n) is 21.2. The maximum Gasteiger partial charge on any atom is 0.475 e. The molecule has 0 bridgehead atoms. The minimum Gasteiger partial charge on any atom is -0.465 e. The van der Waals surface area contributed by atoms with Crippen LogP contribution in [0.5, 0.6) is 0 Å². The number of hydrogen-bond acceptors (Lipinski definition) is 15. The predicted molar refractivity (Wildman–Crippen MR) is 124 cm³/mol. The number of nitrogens with zero attached hydrogens (tertiary/aromatic N) is 2. The fraction of sp³-hybridized carbons (Fsp3) is 0.667. The SMILES string of the molecule is CCOC(=O)C(COC(C)=O)(COP1(=O)OC[C@H]2O[C@@H](n3ccc(N)nc3=O)[C@](C)(O)[C@@H]2O1)C(=O)OCC. The first-order valence-electron chi connectivity index (χ1n) is 11.6. The highest BCUT2D eigenvalue weighted by Crippen LogP contribution is 2.59. The number of fused-ring (bicyclic) bond motifs is 1. The van der Waals surface area contributed by atoms with Crippen molar-refractivity contribution in [3.8, 4) is 0 Å². The summed E-state index contributed by atoms with van der Waals surface area (Å²) in [7, 11) is -4.58. The van der Waals surface area contributed by atoms with Gasteiger partial charge in [-0.3, -0.25) is 32.5 Å². The van der Waals surface area contributed by atoms with Crippen LogP contribution in [0.1, 0.15) is 33.9 Å². The molecule has 0 radical (unpaired) electrons.